The summed E-state index contributed by atoms with van der Waals surface area (Å²) >= 11 is 0. The fourth-order valence-electron chi connectivity index (χ4n) is 3.76. The third kappa shape index (κ3) is 4.05. The molecule has 2 saturated heterocycles. The van der Waals surface area contributed by atoms with Crippen LogP contribution in [0.3, 0.4) is 0 Å². The number of carbonyl (C=O) groups excluding carboxylic acids is 1. The fraction of sp³-hybridized carbons (Fsp3) is 0.632. The molecule has 1 amide bonds. The van der Waals surface area contributed by atoms with E-state index in [0.717, 1.165) is 62.2 Å². The molecule has 0 radical (unpaired) electrons. The molecule has 0 aliphatic carbocycles. The smallest absolute Gasteiger partial charge is 0.227 e. The summed E-state index contributed by atoms with van der Waals surface area (Å²) in [7, 11) is 0. The lowest BCUT2D eigenvalue weighted by atomic mass is 9.92. The van der Waals surface area contributed by atoms with E-state index < -0.39 is 0 Å². The van der Waals surface area contributed by atoms with Crippen molar-refractivity contribution in [3.8, 4) is 5.75 Å². The highest BCUT2D eigenvalue weighted by Crippen LogP contribution is 2.28. The topological polar surface area (TPSA) is 41.6 Å². The number of rotatable bonds is 4. The van der Waals surface area contributed by atoms with Crippen LogP contribution >= 0.6 is 0 Å². The van der Waals surface area contributed by atoms with Gasteiger partial charge < -0.3 is 15.0 Å². The lowest BCUT2D eigenvalue weighted by molar-refractivity contribution is -0.130. The van der Waals surface area contributed by atoms with Crippen molar-refractivity contribution in [3.05, 3.63) is 29.8 Å². The number of hydrogen-bond donors (Lipinski definition) is 1. The summed E-state index contributed by atoms with van der Waals surface area (Å²) in [4.78, 5) is 14.8. The molecule has 126 valence electrons. The van der Waals surface area contributed by atoms with E-state index in [1.807, 2.05) is 38.1 Å². The van der Waals surface area contributed by atoms with Gasteiger partial charge in [0.15, 0.2) is 0 Å². The SMILES string of the molecule is CC(C)Oc1ccccc1CC(=O)N1CC[C@@H]2CNC[C@@H]2CC1. The summed E-state index contributed by atoms with van der Waals surface area (Å²) in [6.45, 7) is 8.07. The van der Waals surface area contributed by atoms with Crippen molar-refractivity contribution in [2.75, 3.05) is 26.2 Å². The van der Waals surface area contributed by atoms with Crippen molar-refractivity contribution in [2.24, 2.45) is 11.8 Å². The van der Waals surface area contributed by atoms with Crippen LogP contribution < -0.4 is 10.1 Å². The minimum Gasteiger partial charge on any atom is -0.491 e. The Morgan fingerprint density at radius 1 is 1.22 bits per heavy atom. The van der Waals surface area contributed by atoms with Gasteiger partial charge in [0.1, 0.15) is 5.75 Å². The Morgan fingerprint density at radius 2 is 1.87 bits per heavy atom. The maximum Gasteiger partial charge on any atom is 0.227 e. The summed E-state index contributed by atoms with van der Waals surface area (Å²) in [5.41, 5.74) is 0.998. The first-order valence-corrected chi connectivity index (χ1v) is 8.86. The predicted molar refractivity (Wildman–Crippen MR) is 91.6 cm³/mol. The van der Waals surface area contributed by atoms with E-state index in [1.54, 1.807) is 0 Å². The minimum absolute atomic E-state index is 0.122. The second-order valence-corrected chi connectivity index (χ2v) is 7.09. The maximum absolute atomic E-state index is 12.7. The van der Waals surface area contributed by atoms with Crippen LogP contribution in [0.5, 0.6) is 5.75 Å². The molecule has 0 unspecified atom stereocenters. The van der Waals surface area contributed by atoms with Gasteiger partial charge in [-0.25, -0.2) is 0 Å². The third-order valence-electron chi connectivity index (χ3n) is 5.05. The summed E-state index contributed by atoms with van der Waals surface area (Å²) in [5.74, 6) is 2.58. The highest BCUT2D eigenvalue weighted by atomic mass is 16.5. The van der Waals surface area contributed by atoms with Gasteiger partial charge in [-0.3, -0.25) is 4.79 Å². The van der Waals surface area contributed by atoms with Gasteiger partial charge in [-0.1, -0.05) is 18.2 Å². The van der Waals surface area contributed by atoms with Crippen molar-refractivity contribution in [1.29, 1.82) is 0 Å². The van der Waals surface area contributed by atoms with E-state index in [0.29, 0.717) is 6.42 Å². The molecular formula is C19H28N2O2. The van der Waals surface area contributed by atoms with Crippen LogP contribution in [0.1, 0.15) is 32.3 Å². The second-order valence-electron chi connectivity index (χ2n) is 7.09. The molecule has 0 spiro atoms. The first-order chi connectivity index (χ1) is 11.1. The molecule has 2 fully saturated rings. The Labute approximate surface area is 139 Å². The second kappa shape index (κ2) is 7.35. The Morgan fingerprint density at radius 3 is 2.52 bits per heavy atom. The number of hydrogen-bond acceptors (Lipinski definition) is 3. The van der Waals surface area contributed by atoms with Gasteiger partial charge in [-0.15, -0.1) is 0 Å². The van der Waals surface area contributed by atoms with E-state index in [2.05, 4.69) is 10.2 Å². The van der Waals surface area contributed by atoms with Gasteiger partial charge in [-0.05, 0) is 57.7 Å². The van der Waals surface area contributed by atoms with E-state index in [9.17, 15) is 4.79 Å². The molecule has 0 bridgehead atoms. The average molecular weight is 316 g/mol. The molecule has 0 aromatic heterocycles. The van der Waals surface area contributed by atoms with Crippen molar-refractivity contribution in [1.82, 2.24) is 10.2 Å². The number of amides is 1. The van der Waals surface area contributed by atoms with Crippen molar-refractivity contribution in [3.63, 3.8) is 0 Å². The predicted octanol–water partition coefficient (Wildman–Crippen LogP) is 2.47. The Bertz CT molecular complexity index is 530. The summed E-state index contributed by atoms with van der Waals surface area (Å²) in [5, 5.41) is 3.48. The van der Waals surface area contributed by atoms with Gasteiger partial charge in [0, 0.05) is 18.7 Å². The molecule has 2 aliphatic heterocycles. The molecule has 1 aromatic rings. The van der Waals surface area contributed by atoms with Gasteiger partial charge >= 0.3 is 0 Å². The normalized spacial score (nSPS) is 24.4. The Kier molecular flexibility index (Phi) is 5.21. The van der Waals surface area contributed by atoms with Crippen LogP contribution in [0.25, 0.3) is 0 Å². The number of fused-ring (bicyclic) bond motifs is 1. The number of nitrogens with zero attached hydrogens (tertiary/aromatic N) is 1. The van der Waals surface area contributed by atoms with Crippen molar-refractivity contribution >= 4 is 5.91 Å². The quantitative estimate of drug-likeness (QED) is 0.928. The summed E-state index contributed by atoms with van der Waals surface area (Å²) in [6.07, 6.45) is 2.83. The van der Waals surface area contributed by atoms with Crippen LogP contribution in [0.2, 0.25) is 0 Å². The standard InChI is InChI=1S/C19H28N2O2/c1-14(2)23-18-6-4-3-5-15(18)11-19(22)21-9-7-16-12-20-13-17(16)8-10-21/h3-6,14,16-17,20H,7-13H2,1-2H3/t16-,17+. The molecule has 2 heterocycles. The zero-order valence-electron chi connectivity index (χ0n) is 14.3. The largest absolute Gasteiger partial charge is 0.491 e. The average Bonchev–Trinajstić information content (AvgIpc) is 2.87. The molecular weight excluding hydrogens is 288 g/mol. The maximum atomic E-state index is 12.7. The fourth-order valence-corrected chi connectivity index (χ4v) is 3.76. The number of ether oxygens (including phenoxy) is 1. The van der Waals surface area contributed by atoms with Crippen LogP contribution in [-0.4, -0.2) is 43.1 Å². The summed E-state index contributed by atoms with van der Waals surface area (Å²) in [6, 6.07) is 7.91. The number of nitrogens with one attached hydrogen (secondary N) is 1. The molecule has 3 rings (SSSR count). The molecule has 2 aliphatic rings. The highest BCUT2D eigenvalue weighted by Gasteiger charge is 2.31. The van der Waals surface area contributed by atoms with E-state index in [4.69, 9.17) is 4.74 Å². The molecule has 1 aromatic carbocycles. The third-order valence-corrected chi connectivity index (χ3v) is 5.05. The first kappa shape index (κ1) is 16.3. The number of carbonyl (C=O) groups is 1. The minimum atomic E-state index is 0.122. The monoisotopic (exact) mass is 316 g/mol. The molecule has 2 atom stereocenters. The van der Waals surface area contributed by atoms with Crippen molar-refractivity contribution in [2.45, 2.75) is 39.2 Å². The van der Waals surface area contributed by atoms with E-state index >= 15 is 0 Å². The van der Waals surface area contributed by atoms with Gasteiger partial charge in [-0.2, -0.15) is 0 Å². The van der Waals surface area contributed by atoms with Gasteiger partial charge in [0.05, 0.1) is 12.5 Å². The number of benzene rings is 1. The molecule has 23 heavy (non-hydrogen) atoms. The lowest BCUT2D eigenvalue weighted by Gasteiger charge is -2.22. The van der Waals surface area contributed by atoms with Crippen LogP contribution in [0, 0.1) is 11.8 Å². The van der Waals surface area contributed by atoms with E-state index in [-0.39, 0.29) is 12.0 Å². The van der Waals surface area contributed by atoms with Crippen LogP contribution in [0.4, 0.5) is 0 Å². The van der Waals surface area contributed by atoms with Crippen LogP contribution in [0.15, 0.2) is 24.3 Å². The zero-order chi connectivity index (χ0) is 16.2. The Balaban J connectivity index is 1.63. The van der Waals surface area contributed by atoms with Gasteiger partial charge in [0.2, 0.25) is 5.91 Å². The summed E-state index contributed by atoms with van der Waals surface area (Å²) < 4.78 is 5.84. The number of likely N-dealkylation sites (tertiary alicyclic amines) is 1. The number of para-hydroxylation sites is 1. The zero-order valence-corrected chi connectivity index (χ0v) is 14.3. The van der Waals surface area contributed by atoms with Crippen LogP contribution in [-0.2, 0) is 11.2 Å². The highest BCUT2D eigenvalue weighted by molar-refractivity contribution is 5.79. The van der Waals surface area contributed by atoms with Gasteiger partial charge in [0.25, 0.3) is 0 Å². The Hall–Kier alpha value is -1.55. The first-order valence-electron chi connectivity index (χ1n) is 8.86. The molecule has 1 N–H and O–H groups in total. The lowest BCUT2D eigenvalue weighted by Crippen LogP contribution is -2.34. The van der Waals surface area contributed by atoms with E-state index in [1.165, 1.54) is 0 Å². The molecule has 4 heteroatoms. The molecule has 0 saturated carbocycles. The van der Waals surface area contributed by atoms with Crippen molar-refractivity contribution < 1.29 is 9.53 Å². The molecule has 4 nitrogen and oxygen atoms in total.